The van der Waals surface area contributed by atoms with Gasteiger partial charge in [-0.15, -0.1) is 32.0 Å². The number of hydrogen-bond acceptors (Lipinski definition) is 11. The SMILES string of the molecule is CCc1n[nH]c(=S)s1.CCc1nnc(SCCl)s1.CCc1nnc(SCI)s1.[I-].[Na+]. The Balaban J connectivity index is 0. The van der Waals surface area contributed by atoms with Crippen molar-refractivity contribution in [2.24, 2.45) is 0 Å². The van der Waals surface area contributed by atoms with Gasteiger partial charge >= 0.3 is 29.6 Å². The Morgan fingerprint density at radius 3 is 1.70 bits per heavy atom. The van der Waals surface area contributed by atoms with Crippen LogP contribution >= 0.6 is 104 Å². The number of aromatic amines is 1. The molecule has 0 bridgehead atoms. The second kappa shape index (κ2) is 21.9. The quantitative estimate of drug-likeness (QED) is 0.124. The van der Waals surface area contributed by atoms with E-state index in [0.29, 0.717) is 5.21 Å². The van der Waals surface area contributed by atoms with Gasteiger partial charge in [0.15, 0.2) is 12.6 Å². The molecule has 0 saturated heterocycles. The van der Waals surface area contributed by atoms with Crippen LogP contribution in [0.3, 0.4) is 0 Å². The maximum atomic E-state index is 5.49. The van der Waals surface area contributed by atoms with Gasteiger partial charge in [0.25, 0.3) is 0 Å². The van der Waals surface area contributed by atoms with Crippen molar-refractivity contribution in [3.05, 3.63) is 19.0 Å². The number of nitrogens with one attached hydrogen (secondary N) is 1. The molecule has 0 unspecified atom stereocenters. The van der Waals surface area contributed by atoms with Crippen LogP contribution in [0, 0.1) is 3.95 Å². The average molecular weight is 777 g/mol. The smallest absolute Gasteiger partial charge is 1.00 e. The Hall–Kier alpha value is 2.35. The number of H-pyrrole nitrogens is 1. The second-order valence-electron chi connectivity index (χ2n) is 4.50. The molecule has 3 rings (SSSR count). The largest absolute Gasteiger partial charge is 1.00 e. The van der Waals surface area contributed by atoms with E-state index in [-0.39, 0.29) is 53.5 Å². The van der Waals surface area contributed by atoms with Crippen LogP contribution in [0.5, 0.6) is 0 Å². The fraction of sp³-hybridized carbons (Fsp3) is 0.571. The van der Waals surface area contributed by atoms with Gasteiger partial charge in [0.05, 0.1) is 8.97 Å². The molecule has 3 aromatic rings. The molecule has 0 aliphatic rings. The third-order valence-electron chi connectivity index (χ3n) is 2.64. The summed E-state index contributed by atoms with van der Waals surface area (Å²) in [6.07, 6.45) is 2.93. The fourth-order valence-electron chi connectivity index (χ4n) is 1.38. The van der Waals surface area contributed by atoms with Crippen LogP contribution < -0.4 is 53.5 Å². The zero-order chi connectivity index (χ0) is 20.8. The van der Waals surface area contributed by atoms with Gasteiger partial charge < -0.3 is 24.0 Å². The molecular formula is C14H20ClI2N6NaS6. The van der Waals surface area contributed by atoms with Crippen molar-refractivity contribution >= 4 is 104 Å². The monoisotopic (exact) mass is 776 g/mol. The van der Waals surface area contributed by atoms with Crippen molar-refractivity contribution in [2.75, 3.05) is 8.97 Å². The summed E-state index contributed by atoms with van der Waals surface area (Å²) in [6.45, 7) is 6.22. The molecule has 0 saturated carbocycles. The minimum Gasteiger partial charge on any atom is -1.00 e. The molecule has 0 fully saturated rings. The number of hydrogen-bond donors (Lipinski definition) is 1. The molecule has 0 spiro atoms. The molecule has 16 heteroatoms. The molecule has 30 heavy (non-hydrogen) atoms. The topological polar surface area (TPSA) is 80.2 Å². The van der Waals surface area contributed by atoms with Crippen LogP contribution in [0.15, 0.2) is 8.68 Å². The summed E-state index contributed by atoms with van der Waals surface area (Å²) < 4.78 is 3.87. The number of aromatic nitrogens is 6. The summed E-state index contributed by atoms with van der Waals surface area (Å²) in [4.78, 5) is 0. The maximum absolute atomic E-state index is 5.49. The third-order valence-corrected chi connectivity index (χ3v) is 8.94. The van der Waals surface area contributed by atoms with E-state index in [1.165, 1.54) is 23.1 Å². The molecule has 3 aromatic heterocycles. The van der Waals surface area contributed by atoms with Gasteiger partial charge in [-0.2, -0.15) is 5.10 Å². The van der Waals surface area contributed by atoms with Gasteiger partial charge in [-0.3, -0.25) is 5.10 Å². The Bertz CT molecular complexity index is 800. The molecule has 6 nitrogen and oxygen atoms in total. The fourth-order valence-corrected chi connectivity index (χ4v) is 7.09. The zero-order valence-corrected chi connectivity index (χ0v) is 28.8. The van der Waals surface area contributed by atoms with E-state index < -0.39 is 0 Å². The molecule has 0 aliphatic carbocycles. The van der Waals surface area contributed by atoms with Crippen LogP contribution in [0.4, 0.5) is 0 Å². The van der Waals surface area contributed by atoms with Crippen LogP contribution in [0.2, 0.25) is 0 Å². The molecule has 3 heterocycles. The van der Waals surface area contributed by atoms with Crippen molar-refractivity contribution < 1.29 is 53.5 Å². The first kappa shape index (κ1) is 34.5. The first-order valence-corrected chi connectivity index (χ1v) is 15.0. The Morgan fingerprint density at radius 1 is 0.900 bits per heavy atom. The standard InChI is InChI=1S/C5H7ClN2S2.C5H7IN2S2.C4H6N2S2.HI.Na/c2*1-2-4-7-8-5(10-4)9-3-6;1-2-3-5-6-4(7)8-3;;/h2*2-3H2,1H3;2H2,1H3,(H,6,7);1H;/q;;;;+1/p-1. The Labute approximate surface area is 260 Å². The van der Waals surface area contributed by atoms with E-state index in [4.69, 9.17) is 23.8 Å². The first-order chi connectivity index (χ1) is 13.6. The van der Waals surface area contributed by atoms with Crippen LogP contribution in [-0.2, 0) is 19.3 Å². The summed E-state index contributed by atoms with van der Waals surface area (Å²) in [5.74, 6) is 0. The van der Waals surface area contributed by atoms with Gasteiger partial charge in [-0.1, -0.05) is 101 Å². The van der Waals surface area contributed by atoms with E-state index in [9.17, 15) is 0 Å². The number of rotatable bonds is 7. The molecule has 0 aliphatic heterocycles. The average Bonchev–Trinajstić information content (AvgIpc) is 3.44. The van der Waals surface area contributed by atoms with Crippen LogP contribution in [0.1, 0.15) is 35.8 Å². The van der Waals surface area contributed by atoms with Gasteiger partial charge in [-0.25, -0.2) is 0 Å². The Kier molecular flexibility index (Phi) is 25.1. The predicted molar refractivity (Wildman–Crippen MR) is 137 cm³/mol. The summed E-state index contributed by atoms with van der Waals surface area (Å²) in [7, 11) is 0. The summed E-state index contributed by atoms with van der Waals surface area (Å²) >= 11 is 20.7. The van der Waals surface area contributed by atoms with Crippen molar-refractivity contribution in [3.63, 3.8) is 0 Å². The zero-order valence-electron chi connectivity index (χ0n) is 16.9. The van der Waals surface area contributed by atoms with Crippen molar-refractivity contribution in [3.8, 4) is 0 Å². The van der Waals surface area contributed by atoms with Crippen LogP contribution in [0.25, 0.3) is 0 Å². The van der Waals surface area contributed by atoms with E-state index in [1.807, 2.05) is 0 Å². The van der Waals surface area contributed by atoms with E-state index in [0.717, 1.165) is 50.7 Å². The van der Waals surface area contributed by atoms with E-state index >= 15 is 0 Å². The van der Waals surface area contributed by atoms with Gasteiger partial charge in [0, 0.05) is 0 Å². The molecule has 1 N–H and O–H groups in total. The minimum absolute atomic E-state index is 0. The molecular weight excluding hydrogens is 757 g/mol. The number of nitrogens with zero attached hydrogens (tertiary/aromatic N) is 5. The number of aryl methyl sites for hydroxylation is 3. The van der Waals surface area contributed by atoms with Gasteiger partial charge in [0.2, 0.25) is 0 Å². The Morgan fingerprint density at radius 2 is 1.40 bits per heavy atom. The molecule has 164 valence electrons. The van der Waals surface area contributed by atoms with Crippen molar-refractivity contribution in [1.29, 1.82) is 0 Å². The molecule has 0 amide bonds. The molecule has 0 radical (unpaired) electrons. The minimum atomic E-state index is 0. The van der Waals surface area contributed by atoms with E-state index in [2.05, 4.69) is 74.0 Å². The second-order valence-corrected chi connectivity index (χ2v) is 13.2. The summed E-state index contributed by atoms with van der Waals surface area (Å²) in [5, 5.41) is 26.3. The summed E-state index contributed by atoms with van der Waals surface area (Å²) in [5.41, 5.74) is 0. The third kappa shape index (κ3) is 15.3. The normalized spacial score (nSPS) is 9.37. The van der Waals surface area contributed by atoms with Gasteiger partial charge in [-0.05, 0) is 31.5 Å². The van der Waals surface area contributed by atoms with E-state index in [1.54, 1.807) is 34.4 Å². The van der Waals surface area contributed by atoms with Gasteiger partial charge in [0.1, 0.15) is 15.0 Å². The predicted octanol–water partition coefficient (Wildman–Crippen LogP) is 0.745. The van der Waals surface area contributed by atoms with Crippen molar-refractivity contribution in [1.82, 2.24) is 30.6 Å². The molecule has 0 atom stereocenters. The maximum Gasteiger partial charge on any atom is 1.00 e. The summed E-state index contributed by atoms with van der Waals surface area (Å²) in [6, 6.07) is 0. The number of thioether (sulfide) groups is 2. The molecule has 0 aromatic carbocycles. The first-order valence-electron chi connectivity index (χ1n) is 8.12. The van der Waals surface area contributed by atoms with Crippen LogP contribution in [-0.4, -0.2) is 39.6 Å². The van der Waals surface area contributed by atoms with Crippen molar-refractivity contribution in [2.45, 2.75) is 48.7 Å². The number of alkyl halides is 2. The number of halogens is 3.